The number of nitrogens with two attached hydrogens (primary N) is 1. The van der Waals surface area contributed by atoms with Crippen molar-refractivity contribution in [3.05, 3.63) is 66.2 Å². The molecule has 0 radical (unpaired) electrons. The smallest absolute Gasteiger partial charge is 0.245 e. The molecule has 0 saturated heterocycles. The Kier molecular flexibility index (Phi) is 9.13. The highest BCUT2D eigenvalue weighted by molar-refractivity contribution is 7.87. The van der Waals surface area contributed by atoms with E-state index >= 15 is 0 Å². The van der Waals surface area contributed by atoms with Crippen molar-refractivity contribution in [2.24, 2.45) is 0 Å². The summed E-state index contributed by atoms with van der Waals surface area (Å²) >= 11 is 2.92. The largest absolute Gasteiger partial charge is 0.435 e. The zero-order valence-electron chi connectivity index (χ0n) is 25.8. The molecule has 0 saturated carbocycles. The molecule has 3 N–H and O–H groups in total. The van der Waals surface area contributed by atoms with Gasteiger partial charge in [0.2, 0.25) is 5.89 Å². The highest BCUT2D eigenvalue weighted by Crippen LogP contribution is 2.43. The van der Waals surface area contributed by atoms with E-state index in [0.717, 1.165) is 63.8 Å². The summed E-state index contributed by atoms with van der Waals surface area (Å²) in [5.41, 5.74) is 12.6. The van der Waals surface area contributed by atoms with Gasteiger partial charge in [0.25, 0.3) is 0 Å². The molecule has 1 aromatic carbocycles. The SMILES string of the molecule is CCCCS(=O)c1nc2nc(-c3cc(-c4cnc(-c5cc(-c6ccccc6)c6c(N)c(S(=O)CCCC)sc6n5)o4)cs3)ccc2[nH]1. The van der Waals surface area contributed by atoms with Crippen molar-refractivity contribution in [1.29, 1.82) is 0 Å². The van der Waals surface area contributed by atoms with Crippen molar-refractivity contribution in [1.82, 2.24) is 24.9 Å². The molecule has 0 aliphatic heterocycles. The molecule has 0 amide bonds. The molecule has 0 spiro atoms. The van der Waals surface area contributed by atoms with E-state index in [1.165, 1.54) is 11.3 Å². The van der Waals surface area contributed by atoms with Crippen molar-refractivity contribution < 1.29 is 12.8 Å². The van der Waals surface area contributed by atoms with E-state index in [9.17, 15) is 8.42 Å². The third-order valence-corrected chi connectivity index (χ3v) is 13.0. The normalized spacial score (nSPS) is 13.1. The van der Waals surface area contributed by atoms with Crippen molar-refractivity contribution in [2.75, 3.05) is 17.2 Å². The number of aromatic nitrogens is 5. The molecule has 47 heavy (non-hydrogen) atoms. The van der Waals surface area contributed by atoms with Crippen LogP contribution in [0, 0.1) is 0 Å². The van der Waals surface area contributed by atoms with Gasteiger partial charge >= 0.3 is 0 Å². The van der Waals surface area contributed by atoms with Crippen LogP contribution in [0.1, 0.15) is 39.5 Å². The van der Waals surface area contributed by atoms with Crippen molar-refractivity contribution in [3.63, 3.8) is 0 Å². The molecular formula is C34H32N6O3S4. The number of H-pyrrole nitrogens is 1. The minimum absolute atomic E-state index is 0.382. The number of hydrogen-bond acceptors (Lipinski definition) is 10. The van der Waals surface area contributed by atoms with Gasteiger partial charge in [-0.15, -0.1) is 22.7 Å². The lowest BCUT2D eigenvalue weighted by Gasteiger charge is -2.07. The van der Waals surface area contributed by atoms with E-state index in [4.69, 9.17) is 20.1 Å². The highest BCUT2D eigenvalue weighted by Gasteiger charge is 2.22. The lowest BCUT2D eigenvalue weighted by atomic mass is 10.0. The molecule has 6 aromatic heterocycles. The van der Waals surface area contributed by atoms with Crippen LogP contribution in [-0.2, 0) is 21.6 Å². The Labute approximate surface area is 284 Å². The van der Waals surface area contributed by atoms with Crippen LogP contribution in [0.3, 0.4) is 0 Å². The summed E-state index contributed by atoms with van der Waals surface area (Å²) in [6.07, 6.45) is 5.39. The van der Waals surface area contributed by atoms with Crippen LogP contribution in [0.4, 0.5) is 5.69 Å². The monoisotopic (exact) mass is 700 g/mol. The predicted molar refractivity (Wildman–Crippen MR) is 194 cm³/mol. The number of nitrogens with one attached hydrogen (secondary N) is 1. The van der Waals surface area contributed by atoms with Gasteiger partial charge in [0.15, 0.2) is 16.6 Å². The number of fused-ring (bicyclic) bond motifs is 2. The number of oxazole rings is 1. The molecule has 240 valence electrons. The van der Waals surface area contributed by atoms with Crippen molar-refractivity contribution in [2.45, 2.75) is 48.9 Å². The number of pyridine rings is 2. The first kappa shape index (κ1) is 31.6. The topological polar surface area (TPSA) is 141 Å². The zero-order chi connectivity index (χ0) is 32.5. The fourth-order valence-electron chi connectivity index (χ4n) is 5.21. The van der Waals surface area contributed by atoms with E-state index in [2.05, 4.69) is 28.8 Å². The fourth-order valence-corrected chi connectivity index (χ4v) is 10.0. The molecule has 2 unspecified atom stereocenters. The summed E-state index contributed by atoms with van der Waals surface area (Å²) in [5.74, 6) is 2.13. The van der Waals surface area contributed by atoms with Crippen LogP contribution >= 0.6 is 22.7 Å². The first-order chi connectivity index (χ1) is 22.9. The maximum Gasteiger partial charge on any atom is 0.245 e. The summed E-state index contributed by atoms with van der Waals surface area (Å²) in [6, 6.07) is 17.8. The van der Waals surface area contributed by atoms with Gasteiger partial charge in [0.05, 0.1) is 49.6 Å². The van der Waals surface area contributed by atoms with E-state index in [1.807, 2.05) is 60.0 Å². The number of rotatable bonds is 12. The van der Waals surface area contributed by atoms with Gasteiger partial charge < -0.3 is 15.1 Å². The zero-order valence-corrected chi connectivity index (χ0v) is 29.1. The number of hydrogen-bond donors (Lipinski definition) is 2. The predicted octanol–water partition coefficient (Wildman–Crippen LogP) is 8.68. The second-order valence-corrected chi connectivity index (χ2v) is 16.2. The Morgan fingerprint density at radius 1 is 0.894 bits per heavy atom. The number of benzene rings is 1. The molecule has 2 atom stereocenters. The lowest BCUT2D eigenvalue weighted by molar-refractivity contribution is 0.587. The van der Waals surface area contributed by atoms with Crippen LogP contribution in [0.5, 0.6) is 0 Å². The van der Waals surface area contributed by atoms with Crippen molar-refractivity contribution >= 4 is 71.3 Å². The second-order valence-electron chi connectivity index (χ2n) is 11.0. The molecular weight excluding hydrogens is 669 g/mol. The number of aromatic amines is 1. The summed E-state index contributed by atoms with van der Waals surface area (Å²) in [6.45, 7) is 4.16. The Morgan fingerprint density at radius 2 is 1.68 bits per heavy atom. The standard InChI is InChI=1S/C34H32N6O3S4/c1-3-5-14-46(41)33-29(35)28-22(20-10-8-7-9-11-20)17-25(38-32(28)45-33)31-36-18-26(43-31)21-16-27(44-19-21)23-12-13-24-30(37-23)40-34(39-24)47(42)15-6-4-2/h7-13,16-19H,3-6,14-15,35H2,1-2H3,(H,37,39,40). The average Bonchev–Trinajstić information content (AvgIpc) is 3.91. The third-order valence-electron chi connectivity index (χ3n) is 7.72. The van der Waals surface area contributed by atoms with Crippen LogP contribution in [0.15, 0.2) is 80.0 Å². The molecule has 0 bridgehead atoms. The van der Waals surface area contributed by atoms with Gasteiger partial charge in [0.1, 0.15) is 14.7 Å². The first-order valence-electron chi connectivity index (χ1n) is 15.4. The quantitative estimate of drug-likeness (QED) is 0.129. The minimum atomic E-state index is -1.20. The molecule has 9 nitrogen and oxygen atoms in total. The van der Waals surface area contributed by atoms with Crippen LogP contribution in [-0.4, -0.2) is 44.8 Å². The maximum atomic E-state index is 13.2. The number of thiophene rings is 2. The van der Waals surface area contributed by atoms with Crippen molar-refractivity contribution in [3.8, 4) is 44.6 Å². The highest BCUT2D eigenvalue weighted by atomic mass is 32.2. The van der Waals surface area contributed by atoms with Gasteiger partial charge in [-0.2, -0.15) is 0 Å². The van der Waals surface area contributed by atoms with E-state index in [1.54, 1.807) is 17.5 Å². The summed E-state index contributed by atoms with van der Waals surface area (Å²) in [5, 5.41) is 3.28. The van der Waals surface area contributed by atoms with Gasteiger partial charge in [-0.05, 0) is 48.2 Å². The van der Waals surface area contributed by atoms with Crippen LogP contribution < -0.4 is 5.73 Å². The van der Waals surface area contributed by atoms with Gasteiger partial charge in [0, 0.05) is 27.8 Å². The third kappa shape index (κ3) is 6.32. The van der Waals surface area contributed by atoms with Gasteiger partial charge in [-0.25, -0.2) is 19.9 Å². The minimum Gasteiger partial charge on any atom is -0.435 e. The molecule has 7 aromatic rings. The molecule has 6 heterocycles. The molecule has 7 rings (SSSR count). The lowest BCUT2D eigenvalue weighted by Crippen LogP contribution is -1.99. The molecule has 0 aliphatic rings. The Bertz CT molecular complexity index is 2250. The molecule has 13 heteroatoms. The Morgan fingerprint density at radius 3 is 2.47 bits per heavy atom. The molecule has 0 fully saturated rings. The number of nitrogens with zero attached hydrogens (tertiary/aromatic N) is 4. The summed E-state index contributed by atoms with van der Waals surface area (Å²) < 4.78 is 32.7. The van der Waals surface area contributed by atoms with E-state index < -0.39 is 21.6 Å². The molecule has 0 aliphatic carbocycles. The number of imidazole rings is 1. The number of anilines is 1. The Hall–Kier alpha value is -4.04. The Balaban J connectivity index is 1.21. The van der Waals surface area contributed by atoms with E-state index in [-0.39, 0.29) is 0 Å². The van der Waals surface area contributed by atoms with E-state index in [0.29, 0.717) is 54.4 Å². The first-order valence-corrected chi connectivity index (χ1v) is 19.7. The van der Waals surface area contributed by atoms with Gasteiger partial charge in [-0.3, -0.25) is 8.42 Å². The number of unbranched alkanes of at least 4 members (excludes halogenated alkanes) is 2. The second kappa shape index (κ2) is 13.6. The van der Waals surface area contributed by atoms with Crippen LogP contribution in [0.2, 0.25) is 0 Å². The summed E-state index contributed by atoms with van der Waals surface area (Å²) in [4.78, 5) is 23.6. The maximum absolute atomic E-state index is 13.2. The average molecular weight is 701 g/mol. The van der Waals surface area contributed by atoms with Crippen LogP contribution in [0.25, 0.3) is 66.0 Å². The number of nitrogen functional groups attached to an aromatic ring is 1. The van der Waals surface area contributed by atoms with Gasteiger partial charge in [-0.1, -0.05) is 57.0 Å². The fraction of sp³-hybridized carbons (Fsp3) is 0.235. The summed E-state index contributed by atoms with van der Waals surface area (Å²) in [7, 11) is -2.37.